The topological polar surface area (TPSA) is 55.4 Å². The summed E-state index contributed by atoms with van der Waals surface area (Å²) in [5.41, 5.74) is 2.35. The second-order valence-corrected chi connectivity index (χ2v) is 6.72. The number of hydrogen-bond donors (Lipinski definition) is 1. The van der Waals surface area contributed by atoms with Gasteiger partial charge in [-0.2, -0.15) is 0 Å². The number of nitrogens with one attached hydrogen (secondary N) is 1. The molecule has 4 heteroatoms. The van der Waals surface area contributed by atoms with Crippen LogP contribution in [0.3, 0.4) is 0 Å². The van der Waals surface area contributed by atoms with E-state index in [4.69, 9.17) is 4.74 Å². The zero-order chi connectivity index (χ0) is 17.2. The first-order valence-corrected chi connectivity index (χ1v) is 8.09. The minimum absolute atomic E-state index is 0.201. The summed E-state index contributed by atoms with van der Waals surface area (Å²) >= 11 is 0. The fourth-order valence-electron chi connectivity index (χ4n) is 2.89. The van der Waals surface area contributed by atoms with Crippen LogP contribution in [0.5, 0.6) is 0 Å². The van der Waals surface area contributed by atoms with Crippen molar-refractivity contribution >= 4 is 11.9 Å². The molecule has 4 nitrogen and oxygen atoms in total. The lowest BCUT2D eigenvalue weighted by atomic mass is 9.84. The molecule has 1 aliphatic rings. The van der Waals surface area contributed by atoms with Gasteiger partial charge in [-0.3, -0.25) is 4.79 Å². The Morgan fingerprint density at radius 1 is 1.12 bits per heavy atom. The number of carbonyl (C=O) groups excluding carboxylic acids is 2. The molecule has 2 aromatic carbocycles. The summed E-state index contributed by atoms with van der Waals surface area (Å²) in [5, 5.41) is 2.93. The van der Waals surface area contributed by atoms with Gasteiger partial charge < -0.3 is 10.1 Å². The summed E-state index contributed by atoms with van der Waals surface area (Å²) in [5.74, 6) is -0.679. The summed E-state index contributed by atoms with van der Waals surface area (Å²) in [7, 11) is 0. The number of cyclic esters (lactones) is 1. The third-order valence-electron chi connectivity index (χ3n) is 4.44. The lowest BCUT2D eigenvalue weighted by Gasteiger charge is -2.28. The molecule has 1 unspecified atom stereocenters. The van der Waals surface area contributed by atoms with Crippen molar-refractivity contribution in [1.29, 1.82) is 0 Å². The third-order valence-corrected chi connectivity index (χ3v) is 4.44. The van der Waals surface area contributed by atoms with E-state index < -0.39 is 12.1 Å². The van der Waals surface area contributed by atoms with Gasteiger partial charge in [-0.15, -0.1) is 0 Å². The van der Waals surface area contributed by atoms with E-state index in [1.807, 2.05) is 42.5 Å². The van der Waals surface area contributed by atoms with Crippen LogP contribution in [-0.4, -0.2) is 24.5 Å². The molecule has 0 saturated carbocycles. The van der Waals surface area contributed by atoms with Crippen molar-refractivity contribution in [2.75, 3.05) is 6.54 Å². The van der Waals surface area contributed by atoms with Gasteiger partial charge >= 0.3 is 5.97 Å². The van der Waals surface area contributed by atoms with Crippen LogP contribution in [0, 0.1) is 0 Å². The smallest absolute Gasteiger partial charge is 0.339 e. The van der Waals surface area contributed by atoms with E-state index in [9.17, 15) is 9.59 Å². The van der Waals surface area contributed by atoms with E-state index >= 15 is 0 Å². The van der Waals surface area contributed by atoms with Crippen molar-refractivity contribution < 1.29 is 14.3 Å². The predicted octanol–water partition coefficient (Wildman–Crippen LogP) is 2.86. The van der Waals surface area contributed by atoms with E-state index in [1.165, 1.54) is 0 Å². The lowest BCUT2D eigenvalue weighted by Crippen LogP contribution is -2.45. The van der Waals surface area contributed by atoms with Crippen LogP contribution in [0.15, 0.2) is 54.6 Å². The van der Waals surface area contributed by atoms with Crippen LogP contribution in [0.2, 0.25) is 0 Å². The SMILES string of the molecule is CC(C)(CNC(=O)C1Cc2ccccc2C(=O)O1)c1ccccc1. The molecule has 1 N–H and O–H groups in total. The summed E-state index contributed by atoms with van der Waals surface area (Å²) in [6.07, 6.45) is -0.349. The summed E-state index contributed by atoms with van der Waals surface area (Å²) in [4.78, 5) is 24.5. The number of benzene rings is 2. The highest BCUT2D eigenvalue weighted by molar-refractivity contribution is 5.95. The minimum atomic E-state index is -0.765. The molecule has 124 valence electrons. The van der Waals surface area contributed by atoms with Crippen LogP contribution in [-0.2, 0) is 21.4 Å². The first-order valence-electron chi connectivity index (χ1n) is 8.09. The molecular formula is C20H21NO3. The largest absolute Gasteiger partial charge is 0.448 e. The van der Waals surface area contributed by atoms with Crippen LogP contribution in [0.4, 0.5) is 0 Å². The average molecular weight is 323 g/mol. The number of amides is 1. The molecule has 1 aliphatic heterocycles. The number of esters is 1. The Morgan fingerprint density at radius 3 is 2.54 bits per heavy atom. The van der Waals surface area contributed by atoms with Gasteiger partial charge in [0.2, 0.25) is 0 Å². The number of hydrogen-bond acceptors (Lipinski definition) is 3. The minimum Gasteiger partial charge on any atom is -0.448 e. The van der Waals surface area contributed by atoms with Crippen LogP contribution < -0.4 is 5.32 Å². The first-order chi connectivity index (χ1) is 11.5. The second-order valence-electron chi connectivity index (χ2n) is 6.72. The first kappa shape index (κ1) is 16.2. The van der Waals surface area contributed by atoms with Gasteiger partial charge in [-0.25, -0.2) is 4.79 Å². The average Bonchev–Trinajstić information content (AvgIpc) is 2.60. The molecule has 2 aromatic rings. The quantitative estimate of drug-likeness (QED) is 0.880. The van der Waals surface area contributed by atoms with Gasteiger partial charge in [-0.05, 0) is 17.2 Å². The molecule has 1 amide bonds. The molecule has 0 bridgehead atoms. The third kappa shape index (κ3) is 3.32. The fraction of sp³-hybridized carbons (Fsp3) is 0.300. The maximum Gasteiger partial charge on any atom is 0.339 e. The molecule has 0 saturated heterocycles. The Kier molecular flexibility index (Phi) is 4.38. The number of ether oxygens (including phenoxy) is 1. The van der Waals surface area contributed by atoms with E-state index in [-0.39, 0.29) is 11.3 Å². The normalized spacial score (nSPS) is 16.9. The lowest BCUT2D eigenvalue weighted by molar-refractivity contribution is -0.130. The maximum atomic E-state index is 12.4. The van der Waals surface area contributed by atoms with E-state index in [0.29, 0.717) is 18.5 Å². The molecule has 3 rings (SSSR count). The summed E-state index contributed by atoms with van der Waals surface area (Å²) in [6.45, 7) is 4.63. The van der Waals surface area contributed by atoms with Crippen LogP contribution >= 0.6 is 0 Å². The van der Waals surface area contributed by atoms with E-state index in [0.717, 1.165) is 11.1 Å². The molecule has 0 aliphatic carbocycles. The number of carbonyl (C=O) groups is 2. The van der Waals surface area contributed by atoms with Crippen molar-refractivity contribution in [1.82, 2.24) is 5.32 Å². The Hall–Kier alpha value is -2.62. The van der Waals surface area contributed by atoms with Gasteiger partial charge in [0.05, 0.1) is 5.56 Å². The zero-order valence-corrected chi connectivity index (χ0v) is 13.9. The van der Waals surface area contributed by atoms with Crippen molar-refractivity contribution in [3.05, 3.63) is 71.3 Å². The monoisotopic (exact) mass is 323 g/mol. The van der Waals surface area contributed by atoms with E-state index in [2.05, 4.69) is 19.2 Å². The molecule has 0 aromatic heterocycles. The highest BCUT2D eigenvalue weighted by Crippen LogP contribution is 2.23. The zero-order valence-electron chi connectivity index (χ0n) is 13.9. The predicted molar refractivity (Wildman–Crippen MR) is 91.8 cm³/mol. The van der Waals surface area contributed by atoms with Crippen LogP contribution in [0.1, 0.15) is 35.3 Å². The van der Waals surface area contributed by atoms with Crippen molar-refractivity contribution in [2.45, 2.75) is 31.8 Å². The summed E-state index contributed by atoms with van der Waals surface area (Å²) in [6, 6.07) is 17.3. The van der Waals surface area contributed by atoms with Crippen molar-refractivity contribution in [2.24, 2.45) is 0 Å². The highest BCUT2D eigenvalue weighted by atomic mass is 16.5. The summed E-state index contributed by atoms with van der Waals surface area (Å²) < 4.78 is 5.29. The molecule has 0 spiro atoms. The highest BCUT2D eigenvalue weighted by Gasteiger charge is 2.32. The molecular weight excluding hydrogens is 302 g/mol. The van der Waals surface area contributed by atoms with Gasteiger partial charge in [0, 0.05) is 18.4 Å². The Morgan fingerprint density at radius 2 is 1.79 bits per heavy atom. The number of rotatable bonds is 4. The van der Waals surface area contributed by atoms with Crippen molar-refractivity contribution in [3.8, 4) is 0 Å². The van der Waals surface area contributed by atoms with E-state index in [1.54, 1.807) is 12.1 Å². The van der Waals surface area contributed by atoms with Gasteiger partial charge in [-0.1, -0.05) is 62.4 Å². The van der Waals surface area contributed by atoms with Crippen molar-refractivity contribution in [3.63, 3.8) is 0 Å². The van der Waals surface area contributed by atoms with Gasteiger partial charge in [0.15, 0.2) is 6.10 Å². The molecule has 1 heterocycles. The van der Waals surface area contributed by atoms with Gasteiger partial charge in [0.1, 0.15) is 0 Å². The fourth-order valence-corrected chi connectivity index (χ4v) is 2.89. The molecule has 0 radical (unpaired) electrons. The molecule has 24 heavy (non-hydrogen) atoms. The molecule has 1 atom stereocenters. The Labute approximate surface area is 141 Å². The molecule has 0 fully saturated rings. The van der Waals surface area contributed by atoms with Crippen LogP contribution in [0.25, 0.3) is 0 Å². The standard InChI is InChI=1S/C20H21NO3/c1-20(2,15-9-4-3-5-10-15)13-21-18(22)17-12-14-8-6-7-11-16(14)19(23)24-17/h3-11,17H,12-13H2,1-2H3,(H,21,22). The Bertz CT molecular complexity index is 752. The Balaban J connectivity index is 1.65. The number of fused-ring (bicyclic) bond motifs is 1. The maximum absolute atomic E-state index is 12.4. The second kappa shape index (κ2) is 6.48. The van der Waals surface area contributed by atoms with Gasteiger partial charge in [0.25, 0.3) is 5.91 Å².